The number of hydrogen-bond acceptors (Lipinski definition) is 6. The molecule has 1 fully saturated rings. The monoisotopic (exact) mass is 456 g/mol. The number of thiophene rings is 1. The van der Waals surface area contributed by atoms with Crippen molar-refractivity contribution in [2.45, 2.75) is 19.3 Å². The average Bonchev–Trinajstić information content (AvgIpc) is 3.34. The van der Waals surface area contributed by atoms with E-state index in [0.29, 0.717) is 36.7 Å². The number of anilines is 1. The van der Waals surface area contributed by atoms with Crippen LogP contribution in [0.1, 0.15) is 28.0 Å². The van der Waals surface area contributed by atoms with Gasteiger partial charge in [-0.2, -0.15) is 9.57 Å². The van der Waals surface area contributed by atoms with Crippen molar-refractivity contribution in [3.63, 3.8) is 0 Å². The minimum atomic E-state index is -3.50. The first-order chi connectivity index (χ1) is 15.0. The predicted molar refractivity (Wildman–Crippen MR) is 122 cm³/mol. The van der Waals surface area contributed by atoms with E-state index in [1.807, 2.05) is 35.2 Å². The molecular formula is C22H24N4O3S2. The van der Waals surface area contributed by atoms with Crippen molar-refractivity contribution in [3.05, 3.63) is 57.3 Å². The Labute approximate surface area is 186 Å². The van der Waals surface area contributed by atoms with E-state index in [1.54, 1.807) is 6.08 Å². The quantitative estimate of drug-likeness (QED) is 0.721. The minimum absolute atomic E-state index is 0.170. The third-order valence-electron chi connectivity index (χ3n) is 5.58. The van der Waals surface area contributed by atoms with Gasteiger partial charge in [0.2, 0.25) is 15.9 Å². The maximum Gasteiger partial charge on any atom is 0.239 e. The number of hydrogen-bond donors (Lipinski definition) is 1. The Morgan fingerprint density at radius 1 is 1.16 bits per heavy atom. The summed E-state index contributed by atoms with van der Waals surface area (Å²) in [6.45, 7) is 1.83. The Bertz CT molecular complexity index is 1130. The third-order valence-corrected chi connectivity index (χ3v) is 8.35. The number of sulfonamides is 1. The first kappa shape index (κ1) is 21.7. The average molecular weight is 457 g/mol. The number of fused-ring (bicyclic) bond motifs is 1. The van der Waals surface area contributed by atoms with Gasteiger partial charge in [-0.25, -0.2) is 8.42 Å². The maximum atomic E-state index is 12.6. The lowest BCUT2D eigenvalue weighted by Gasteiger charge is -2.32. The summed E-state index contributed by atoms with van der Waals surface area (Å²) >= 11 is 1.50. The molecule has 1 aliphatic carbocycles. The smallest absolute Gasteiger partial charge is 0.239 e. The predicted octanol–water partition coefficient (Wildman–Crippen LogP) is 2.67. The van der Waals surface area contributed by atoms with E-state index in [1.165, 1.54) is 25.9 Å². The summed E-state index contributed by atoms with van der Waals surface area (Å²) in [7, 11) is -3.50. The first-order valence-electron chi connectivity index (χ1n) is 10.3. The van der Waals surface area contributed by atoms with Crippen LogP contribution in [0.15, 0.2) is 35.7 Å². The molecular weight excluding hydrogens is 432 g/mol. The van der Waals surface area contributed by atoms with E-state index in [2.05, 4.69) is 11.4 Å². The molecule has 0 radical (unpaired) electrons. The molecule has 9 heteroatoms. The van der Waals surface area contributed by atoms with Crippen LogP contribution in [-0.4, -0.2) is 56.3 Å². The molecule has 0 atom stereocenters. The Morgan fingerprint density at radius 3 is 2.61 bits per heavy atom. The van der Waals surface area contributed by atoms with Crippen molar-refractivity contribution >= 4 is 38.3 Å². The zero-order chi connectivity index (χ0) is 21.8. The molecule has 31 heavy (non-hydrogen) atoms. The van der Waals surface area contributed by atoms with Crippen molar-refractivity contribution in [1.82, 2.24) is 9.21 Å². The number of rotatable bonds is 6. The van der Waals surface area contributed by atoms with Gasteiger partial charge in [-0.3, -0.25) is 9.69 Å². The molecule has 2 aliphatic rings. The van der Waals surface area contributed by atoms with Gasteiger partial charge in [0.25, 0.3) is 0 Å². The van der Waals surface area contributed by atoms with Crippen LogP contribution in [0.5, 0.6) is 0 Å². The highest BCUT2D eigenvalue weighted by Crippen LogP contribution is 2.38. The van der Waals surface area contributed by atoms with Crippen molar-refractivity contribution in [1.29, 1.82) is 5.26 Å². The molecule has 0 bridgehead atoms. The summed E-state index contributed by atoms with van der Waals surface area (Å²) in [5.74, 6) is -0.170. The minimum Gasteiger partial charge on any atom is -0.315 e. The lowest BCUT2D eigenvalue weighted by atomic mass is 10.1. The Kier molecular flexibility index (Phi) is 6.53. The molecule has 7 nitrogen and oxygen atoms in total. The highest BCUT2D eigenvalue weighted by Gasteiger charge is 2.27. The van der Waals surface area contributed by atoms with Crippen LogP contribution >= 0.6 is 11.3 Å². The molecule has 0 unspecified atom stereocenters. The molecule has 162 valence electrons. The first-order valence-corrected chi connectivity index (χ1v) is 12.6. The Morgan fingerprint density at radius 2 is 1.90 bits per heavy atom. The third kappa shape index (κ3) is 5.05. The Hall–Kier alpha value is -2.51. The fourth-order valence-corrected chi connectivity index (χ4v) is 6.37. The molecule has 4 rings (SSSR count). The fraction of sp³-hybridized carbons (Fsp3) is 0.364. The number of nitrogens with zero attached hydrogens (tertiary/aromatic N) is 3. The molecule has 2 heterocycles. The van der Waals surface area contributed by atoms with E-state index in [0.717, 1.165) is 30.4 Å². The molecule has 1 aliphatic heterocycles. The Balaban J connectivity index is 1.30. The molecule has 0 saturated carbocycles. The van der Waals surface area contributed by atoms with Gasteiger partial charge in [-0.05, 0) is 36.5 Å². The number of amides is 1. The highest BCUT2D eigenvalue weighted by molar-refractivity contribution is 7.92. The zero-order valence-electron chi connectivity index (χ0n) is 17.1. The van der Waals surface area contributed by atoms with Crippen LogP contribution in [0.2, 0.25) is 0 Å². The molecule has 0 spiro atoms. The van der Waals surface area contributed by atoms with E-state index >= 15 is 0 Å². The number of carbonyl (C=O) groups is 1. The molecule has 1 N–H and O–H groups in total. The highest BCUT2D eigenvalue weighted by atomic mass is 32.2. The lowest BCUT2D eigenvalue weighted by Crippen LogP contribution is -2.49. The van der Waals surface area contributed by atoms with Crippen LogP contribution in [0.25, 0.3) is 6.08 Å². The van der Waals surface area contributed by atoms with E-state index in [-0.39, 0.29) is 12.5 Å². The van der Waals surface area contributed by atoms with Crippen molar-refractivity contribution < 1.29 is 13.2 Å². The van der Waals surface area contributed by atoms with Gasteiger partial charge >= 0.3 is 0 Å². The van der Waals surface area contributed by atoms with Gasteiger partial charge < -0.3 is 5.32 Å². The number of carbonyl (C=O) groups excluding carboxylic acids is 1. The molecule has 1 amide bonds. The zero-order valence-corrected chi connectivity index (χ0v) is 18.7. The second-order valence-corrected chi connectivity index (χ2v) is 10.6. The van der Waals surface area contributed by atoms with Crippen LogP contribution in [0.3, 0.4) is 0 Å². The lowest BCUT2D eigenvalue weighted by molar-refractivity contribution is -0.117. The van der Waals surface area contributed by atoms with Gasteiger partial charge in [0.15, 0.2) is 0 Å². The van der Waals surface area contributed by atoms with E-state index < -0.39 is 10.0 Å². The number of nitrogens with one attached hydrogen (secondary N) is 1. The summed E-state index contributed by atoms with van der Waals surface area (Å²) in [4.78, 5) is 15.7. The molecule has 1 aromatic heterocycles. The molecule has 1 aromatic carbocycles. The fourth-order valence-electron chi connectivity index (χ4n) is 3.94. The number of aryl methyl sites for hydroxylation is 1. The van der Waals surface area contributed by atoms with Crippen LogP contribution in [0.4, 0.5) is 5.00 Å². The summed E-state index contributed by atoms with van der Waals surface area (Å²) in [5.41, 5.74) is 2.52. The summed E-state index contributed by atoms with van der Waals surface area (Å²) in [6, 6.07) is 11.5. The summed E-state index contributed by atoms with van der Waals surface area (Å²) < 4.78 is 26.6. The number of nitriles is 1. The number of piperazine rings is 1. The second-order valence-electron chi connectivity index (χ2n) is 7.66. The van der Waals surface area contributed by atoms with Crippen molar-refractivity contribution in [2.24, 2.45) is 0 Å². The standard InChI is InChI=1S/C22H24N4O3S2/c23-15-19-18-7-4-8-20(18)30-22(19)24-21(27)16-25-10-12-26(13-11-25)31(28,29)14-9-17-5-2-1-3-6-17/h1-3,5-6,9,14H,4,7-8,10-13,16H2,(H,24,27)/b14-9+. The largest absolute Gasteiger partial charge is 0.315 e. The van der Waals surface area contributed by atoms with Crippen molar-refractivity contribution in [3.8, 4) is 6.07 Å². The van der Waals surface area contributed by atoms with E-state index in [4.69, 9.17) is 0 Å². The van der Waals surface area contributed by atoms with Gasteiger partial charge in [0.1, 0.15) is 11.1 Å². The summed E-state index contributed by atoms with van der Waals surface area (Å²) in [5, 5.41) is 14.2. The topological polar surface area (TPSA) is 93.5 Å². The second kappa shape index (κ2) is 9.32. The SMILES string of the molecule is N#Cc1c(NC(=O)CN2CCN(S(=O)(=O)/C=C/c3ccccc3)CC2)sc2c1CCC2. The van der Waals surface area contributed by atoms with E-state index in [9.17, 15) is 18.5 Å². The summed E-state index contributed by atoms with van der Waals surface area (Å²) in [6.07, 6.45) is 4.54. The van der Waals surface area contributed by atoms with Crippen LogP contribution in [-0.2, 0) is 27.7 Å². The van der Waals surface area contributed by atoms with Crippen LogP contribution in [0, 0.1) is 11.3 Å². The van der Waals surface area contributed by atoms with Crippen LogP contribution < -0.4 is 5.32 Å². The molecule has 1 saturated heterocycles. The van der Waals surface area contributed by atoms with Gasteiger partial charge in [-0.1, -0.05) is 30.3 Å². The molecule has 2 aromatic rings. The van der Waals surface area contributed by atoms with Gasteiger partial charge in [0, 0.05) is 36.5 Å². The number of benzene rings is 1. The van der Waals surface area contributed by atoms with Gasteiger partial charge in [-0.15, -0.1) is 11.3 Å². The maximum absolute atomic E-state index is 12.6. The van der Waals surface area contributed by atoms with Gasteiger partial charge in [0.05, 0.1) is 12.1 Å². The normalized spacial score (nSPS) is 17.5. The van der Waals surface area contributed by atoms with Crippen molar-refractivity contribution in [2.75, 3.05) is 38.0 Å².